The Balaban J connectivity index is 2.13. The van der Waals surface area contributed by atoms with E-state index in [1.165, 1.54) is 16.7 Å². The van der Waals surface area contributed by atoms with E-state index in [9.17, 15) is 0 Å². The Bertz CT molecular complexity index is 464. The van der Waals surface area contributed by atoms with Crippen molar-refractivity contribution in [3.05, 3.63) is 52.0 Å². The Morgan fingerprint density at radius 1 is 1.39 bits per heavy atom. The van der Waals surface area contributed by atoms with E-state index in [2.05, 4.69) is 41.0 Å². The van der Waals surface area contributed by atoms with Gasteiger partial charge in [-0.2, -0.15) is 11.3 Å². The van der Waals surface area contributed by atoms with Gasteiger partial charge in [-0.05, 0) is 59.8 Å². The van der Waals surface area contributed by atoms with Crippen LogP contribution in [0.1, 0.15) is 36.1 Å². The van der Waals surface area contributed by atoms with E-state index in [1.54, 1.807) is 11.3 Å². The van der Waals surface area contributed by atoms with Crippen molar-refractivity contribution in [3.63, 3.8) is 0 Å². The molecule has 0 aliphatic carbocycles. The van der Waals surface area contributed by atoms with E-state index in [4.69, 9.17) is 0 Å². The van der Waals surface area contributed by atoms with Gasteiger partial charge >= 0.3 is 0 Å². The number of hydrogen-bond acceptors (Lipinski definition) is 3. The van der Waals surface area contributed by atoms with Gasteiger partial charge in [0.25, 0.3) is 0 Å². The predicted molar refractivity (Wildman–Crippen MR) is 78.0 cm³/mol. The molecule has 2 rings (SSSR count). The van der Waals surface area contributed by atoms with Crippen molar-refractivity contribution >= 4 is 11.3 Å². The summed E-state index contributed by atoms with van der Waals surface area (Å²) in [4.78, 5) is 4.20. The first kappa shape index (κ1) is 13.2. The van der Waals surface area contributed by atoms with E-state index in [-0.39, 0.29) is 0 Å². The molecule has 2 aromatic rings. The highest BCUT2D eigenvalue weighted by molar-refractivity contribution is 7.08. The number of nitrogens with one attached hydrogen (secondary N) is 1. The summed E-state index contributed by atoms with van der Waals surface area (Å²) in [6, 6.07) is 4.56. The van der Waals surface area contributed by atoms with Crippen molar-refractivity contribution in [1.29, 1.82) is 0 Å². The van der Waals surface area contributed by atoms with Crippen LogP contribution in [0.4, 0.5) is 0 Å². The highest BCUT2D eigenvalue weighted by atomic mass is 32.1. The fraction of sp³-hybridized carbons (Fsp3) is 0.400. The zero-order valence-corrected chi connectivity index (χ0v) is 11.8. The third kappa shape index (κ3) is 3.40. The van der Waals surface area contributed by atoms with Gasteiger partial charge in [-0.25, -0.2) is 0 Å². The normalized spacial score (nSPS) is 12.6. The molecular weight excluding hydrogens is 240 g/mol. The number of thiophene rings is 1. The minimum atomic E-state index is 0.403. The van der Waals surface area contributed by atoms with Crippen molar-refractivity contribution in [2.45, 2.75) is 32.7 Å². The number of aromatic nitrogens is 1. The van der Waals surface area contributed by atoms with Crippen molar-refractivity contribution in [2.75, 3.05) is 6.54 Å². The van der Waals surface area contributed by atoms with Gasteiger partial charge in [0.05, 0.1) is 0 Å². The first-order valence-corrected chi connectivity index (χ1v) is 7.40. The van der Waals surface area contributed by atoms with Crippen LogP contribution in [0, 0.1) is 6.92 Å². The van der Waals surface area contributed by atoms with Gasteiger partial charge in [-0.15, -0.1) is 0 Å². The van der Waals surface area contributed by atoms with Gasteiger partial charge in [0.1, 0.15) is 0 Å². The van der Waals surface area contributed by atoms with E-state index < -0.39 is 0 Å². The fourth-order valence-electron chi connectivity index (χ4n) is 2.09. The molecule has 3 heteroatoms. The van der Waals surface area contributed by atoms with Crippen LogP contribution >= 0.6 is 11.3 Å². The molecule has 18 heavy (non-hydrogen) atoms. The molecular formula is C15H20N2S. The Hall–Kier alpha value is -1.19. The van der Waals surface area contributed by atoms with E-state index in [1.807, 2.05) is 18.5 Å². The lowest BCUT2D eigenvalue weighted by Gasteiger charge is -2.18. The Morgan fingerprint density at radius 2 is 2.28 bits per heavy atom. The van der Waals surface area contributed by atoms with Crippen LogP contribution in [0.5, 0.6) is 0 Å². The smallest absolute Gasteiger partial charge is 0.0372 e. The molecule has 0 saturated carbocycles. The average Bonchev–Trinajstić information content (AvgIpc) is 2.82. The third-order valence-electron chi connectivity index (χ3n) is 3.07. The zero-order valence-electron chi connectivity index (χ0n) is 11.0. The SMILES string of the molecule is CCCNC(Cc1cccnc1)c1cscc1C. The number of rotatable bonds is 6. The summed E-state index contributed by atoms with van der Waals surface area (Å²) in [6.07, 6.45) is 5.95. The lowest BCUT2D eigenvalue weighted by atomic mass is 9.99. The summed E-state index contributed by atoms with van der Waals surface area (Å²) in [5.41, 5.74) is 4.10. The van der Waals surface area contributed by atoms with Gasteiger partial charge in [-0.1, -0.05) is 13.0 Å². The quantitative estimate of drug-likeness (QED) is 0.856. The number of nitrogens with zero attached hydrogens (tertiary/aromatic N) is 1. The molecule has 2 aromatic heterocycles. The number of pyridine rings is 1. The second kappa shape index (κ2) is 6.66. The molecule has 0 aliphatic heterocycles. The van der Waals surface area contributed by atoms with Crippen LogP contribution in [-0.4, -0.2) is 11.5 Å². The highest BCUT2D eigenvalue weighted by Gasteiger charge is 2.14. The maximum atomic E-state index is 4.20. The molecule has 0 amide bonds. The monoisotopic (exact) mass is 260 g/mol. The van der Waals surface area contributed by atoms with Crippen LogP contribution in [0.2, 0.25) is 0 Å². The molecule has 1 unspecified atom stereocenters. The first-order chi connectivity index (χ1) is 8.81. The van der Waals surface area contributed by atoms with Crippen molar-refractivity contribution in [1.82, 2.24) is 10.3 Å². The van der Waals surface area contributed by atoms with Gasteiger partial charge in [0, 0.05) is 18.4 Å². The Labute approximate surface area is 113 Å². The van der Waals surface area contributed by atoms with Crippen LogP contribution in [0.15, 0.2) is 35.3 Å². The predicted octanol–water partition coefficient (Wildman–Crippen LogP) is 3.73. The third-order valence-corrected chi connectivity index (χ3v) is 3.95. The minimum absolute atomic E-state index is 0.403. The molecule has 2 nitrogen and oxygen atoms in total. The summed E-state index contributed by atoms with van der Waals surface area (Å²) in [7, 11) is 0. The van der Waals surface area contributed by atoms with Crippen LogP contribution < -0.4 is 5.32 Å². The van der Waals surface area contributed by atoms with Gasteiger partial charge < -0.3 is 5.32 Å². The molecule has 0 bridgehead atoms. The summed E-state index contributed by atoms with van der Waals surface area (Å²) in [5, 5.41) is 8.12. The van der Waals surface area contributed by atoms with Crippen molar-refractivity contribution < 1.29 is 0 Å². The molecule has 0 radical (unpaired) electrons. The Morgan fingerprint density at radius 3 is 2.89 bits per heavy atom. The summed E-state index contributed by atoms with van der Waals surface area (Å²) in [6.45, 7) is 5.45. The molecule has 1 atom stereocenters. The molecule has 0 aliphatic rings. The molecule has 0 spiro atoms. The molecule has 2 heterocycles. The van der Waals surface area contributed by atoms with Gasteiger partial charge in [0.15, 0.2) is 0 Å². The standard InChI is InChI=1S/C15H20N2S/c1-3-6-17-15(14-11-18-10-12(14)2)8-13-5-4-7-16-9-13/h4-5,7,9-11,15,17H,3,6,8H2,1-2H3. The number of hydrogen-bond donors (Lipinski definition) is 1. The number of aryl methyl sites for hydroxylation is 1. The second-order valence-corrected chi connectivity index (χ2v) is 5.33. The van der Waals surface area contributed by atoms with E-state index in [0.29, 0.717) is 6.04 Å². The summed E-state index contributed by atoms with van der Waals surface area (Å²) in [5.74, 6) is 0. The van der Waals surface area contributed by atoms with Crippen molar-refractivity contribution in [2.24, 2.45) is 0 Å². The second-order valence-electron chi connectivity index (χ2n) is 4.58. The van der Waals surface area contributed by atoms with Crippen LogP contribution in [0.25, 0.3) is 0 Å². The minimum Gasteiger partial charge on any atom is -0.310 e. The molecule has 0 saturated heterocycles. The summed E-state index contributed by atoms with van der Waals surface area (Å²) < 4.78 is 0. The lowest BCUT2D eigenvalue weighted by molar-refractivity contribution is 0.528. The largest absolute Gasteiger partial charge is 0.310 e. The molecule has 0 fully saturated rings. The first-order valence-electron chi connectivity index (χ1n) is 6.46. The fourth-order valence-corrected chi connectivity index (χ4v) is 3.00. The van der Waals surface area contributed by atoms with Crippen molar-refractivity contribution in [3.8, 4) is 0 Å². The molecule has 96 valence electrons. The maximum Gasteiger partial charge on any atom is 0.0372 e. The Kier molecular flexibility index (Phi) is 4.90. The highest BCUT2D eigenvalue weighted by Crippen LogP contribution is 2.24. The topological polar surface area (TPSA) is 24.9 Å². The van der Waals surface area contributed by atoms with E-state index in [0.717, 1.165) is 19.4 Å². The lowest BCUT2D eigenvalue weighted by Crippen LogP contribution is -2.24. The average molecular weight is 260 g/mol. The van der Waals surface area contributed by atoms with Gasteiger partial charge in [-0.3, -0.25) is 4.98 Å². The van der Waals surface area contributed by atoms with Crippen LogP contribution in [-0.2, 0) is 6.42 Å². The van der Waals surface area contributed by atoms with Crippen LogP contribution in [0.3, 0.4) is 0 Å². The maximum absolute atomic E-state index is 4.20. The molecule has 0 aromatic carbocycles. The van der Waals surface area contributed by atoms with E-state index >= 15 is 0 Å². The summed E-state index contributed by atoms with van der Waals surface area (Å²) >= 11 is 1.78. The zero-order chi connectivity index (χ0) is 12.8. The van der Waals surface area contributed by atoms with Gasteiger partial charge in [0.2, 0.25) is 0 Å². The molecule has 1 N–H and O–H groups in total.